The van der Waals surface area contributed by atoms with E-state index in [1.165, 1.54) is 14.2 Å². The summed E-state index contributed by atoms with van der Waals surface area (Å²) in [5, 5.41) is 12.4. The van der Waals surface area contributed by atoms with E-state index in [0.29, 0.717) is 22.7 Å². The van der Waals surface area contributed by atoms with Crippen LogP contribution in [0.3, 0.4) is 0 Å². The molecule has 3 aromatic rings. The van der Waals surface area contributed by atoms with Crippen LogP contribution in [0.25, 0.3) is 11.3 Å². The first-order valence-corrected chi connectivity index (χ1v) is 10.2. The summed E-state index contributed by atoms with van der Waals surface area (Å²) in [6, 6.07) is 14.3. The highest BCUT2D eigenvalue weighted by Gasteiger charge is 2.15. The fraction of sp³-hybridized carbons (Fsp3) is 0.182. The lowest BCUT2D eigenvalue weighted by Gasteiger charge is -2.11. The van der Waals surface area contributed by atoms with Crippen molar-refractivity contribution in [3.63, 3.8) is 0 Å². The van der Waals surface area contributed by atoms with Crippen molar-refractivity contribution < 1.29 is 14.3 Å². The minimum atomic E-state index is -0.551. The highest BCUT2D eigenvalue weighted by Crippen LogP contribution is 2.29. The molecule has 1 amide bonds. The molecule has 0 spiro atoms. The van der Waals surface area contributed by atoms with Crippen molar-refractivity contribution in [3.05, 3.63) is 63.9 Å². The van der Waals surface area contributed by atoms with Crippen LogP contribution in [-0.2, 0) is 4.79 Å². The summed E-state index contributed by atoms with van der Waals surface area (Å²) in [6.45, 7) is 1.94. The molecule has 2 N–H and O–H groups in total. The maximum Gasteiger partial charge on any atom is 0.270 e. The second kappa shape index (κ2) is 9.82. The third-order valence-electron chi connectivity index (χ3n) is 4.36. The first-order chi connectivity index (χ1) is 14.9. The number of hydrogen-bond acceptors (Lipinski definition) is 7. The minimum Gasteiger partial charge on any atom is -0.497 e. The number of carbonyl (C=O) groups excluding carboxylic acids is 1. The Morgan fingerprint density at radius 3 is 2.58 bits per heavy atom. The second-order valence-electron chi connectivity index (χ2n) is 6.48. The third kappa shape index (κ3) is 5.24. The number of benzene rings is 2. The van der Waals surface area contributed by atoms with E-state index in [9.17, 15) is 14.9 Å². The smallest absolute Gasteiger partial charge is 0.270 e. The van der Waals surface area contributed by atoms with Gasteiger partial charge in [0.1, 0.15) is 23.1 Å². The zero-order chi connectivity index (χ0) is 22.4. The fourth-order valence-electron chi connectivity index (χ4n) is 2.78. The van der Waals surface area contributed by atoms with E-state index < -0.39 is 5.56 Å². The van der Waals surface area contributed by atoms with Gasteiger partial charge >= 0.3 is 0 Å². The number of aromatic nitrogens is 2. The van der Waals surface area contributed by atoms with Crippen LogP contribution in [0.5, 0.6) is 11.5 Å². The van der Waals surface area contributed by atoms with Crippen molar-refractivity contribution >= 4 is 23.4 Å². The van der Waals surface area contributed by atoms with Crippen LogP contribution in [0.4, 0.5) is 5.69 Å². The molecule has 8 nitrogen and oxygen atoms in total. The van der Waals surface area contributed by atoms with Gasteiger partial charge in [0.2, 0.25) is 5.91 Å². The van der Waals surface area contributed by atoms with Gasteiger partial charge in [-0.05, 0) is 19.1 Å². The van der Waals surface area contributed by atoms with E-state index in [0.717, 1.165) is 17.3 Å². The quantitative estimate of drug-likeness (QED) is 0.431. The van der Waals surface area contributed by atoms with E-state index in [1.807, 2.05) is 25.1 Å². The summed E-state index contributed by atoms with van der Waals surface area (Å²) in [5.41, 5.74) is 1.83. The molecule has 9 heteroatoms. The molecule has 0 aliphatic heterocycles. The number of H-pyrrole nitrogens is 1. The Balaban J connectivity index is 1.79. The number of thioether (sulfide) groups is 1. The number of aromatic amines is 1. The number of aryl methyl sites for hydroxylation is 1. The van der Waals surface area contributed by atoms with E-state index in [1.54, 1.807) is 30.3 Å². The summed E-state index contributed by atoms with van der Waals surface area (Å²) in [4.78, 5) is 31.8. The van der Waals surface area contributed by atoms with Gasteiger partial charge in [0.05, 0.1) is 31.4 Å². The largest absolute Gasteiger partial charge is 0.497 e. The predicted molar refractivity (Wildman–Crippen MR) is 119 cm³/mol. The number of hydrogen-bond donors (Lipinski definition) is 2. The number of nitriles is 1. The third-order valence-corrected chi connectivity index (χ3v) is 5.23. The zero-order valence-corrected chi connectivity index (χ0v) is 18.0. The molecule has 0 radical (unpaired) electrons. The van der Waals surface area contributed by atoms with Crippen molar-refractivity contribution in [2.24, 2.45) is 0 Å². The van der Waals surface area contributed by atoms with Gasteiger partial charge < -0.3 is 19.8 Å². The molecule has 0 atom stereocenters. The maximum absolute atomic E-state index is 12.5. The van der Waals surface area contributed by atoms with Crippen LogP contribution in [-0.4, -0.2) is 35.8 Å². The highest BCUT2D eigenvalue weighted by molar-refractivity contribution is 7.99. The Morgan fingerprint density at radius 2 is 1.94 bits per heavy atom. The molecular formula is C22H20N4O4S. The second-order valence-corrected chi connectivity index (χ2v) is 7.44. The Morgan fingerprint density at radius 1 is 1.19 bits per heavy atom. The fourth-order valence-corrected chi connectivity index (χ4v) is 3.44. The molecule has 3 rings (SSSR count). The van der Waals surface area contributed by atoms with Crippen LogP contribution < -0.4 is 20.3 Å². The molecule has 0 bridgehead atoms. The van der Waals surface area contributed by atoms with Crippen LogP contribution in [0.15, 0.2) is 52.4 Å². The van der Waals surface area contributed by atoms with Crippen LogP contribution in [0.2, 0.25) is 0 Å². The van der Waals surface area contributed by atoms with Gasteiger partial charge in [0.15, 0.2) is 5.16 Å². The number of rotatable bonds is 7. The van der Waals surface area contributed by atoms with E-state index >= 15 is 0 Å². The predicted octanol–water partition coefficient (Wildman–Crippen LogP) is 3.37. The lowest BCUT2D eigenvalue weighted by atomic mass is 10.1. The van der Waals surface area contributed by atoms with Crippen LogP contribution >= 0.6 is 11.8 Å². The summed E-state index contributed by atoms with van der Waals surface area (Å²) >= 11 is 1.06. The lowest BCUT2D eigenvalue weighted by molar-refractivity contribution is -0.113. The van der Waals surface area contributed by atoms with Gasteiger partial charge in [-0.3, -0.25) is 9.59 Å². The van der Waals surface area contributed by atoms with E-state index in [4.69, 9.17) is 9.47 Å². The topological polar surface area (TPSA) is 117 Å². The van der Waals surface area contributed by atoms with Gasteiger partial charge in [0.25, 0.3) is 5.56 Å². The number of amides is 1. The molecule has 0 fully saturated rings. The number of nitrogens with one attached hydrogen (secondary N) is 2. The first kappa shape index (κ1) is 21.9. The van der Waals surface area contributed by atoms with Crippen LogP contribution in [0, 0.1) is 18.3 Å². The summed E-state index contributed by atoms with van der Waals surface area (Å²) in [6.07, 6.45) is 0. The van der Waals surface area contributed by atoms with Gasteiger partial charge in [-0.1, -0.05) is 41.6 Å². The number of anilines is 1. The lowest BCUT2D eigenvalue weighted by Crippen LogP contribution is -2.17. The molecule has 2 aromatic carbocycles. The first-order valence-electron chi connectivity index (χ1n) is 9.21. The standard InChI is InChI=1S/C22H20N4O4S/c1-13-4-6-14(7-5-13)20-16(11-23)21(28)26-22(25-20)31-12-19(27)24-17-10-15(29-2)8-9-18(17)30-3/h4-10H,12H2,1-3H3,(H,24,27)(H,25,26,28). The summed E-state index contributed by atoms with van der Waals surface area (Å²) < 4.78 is 10.4. The zero-order valence-electron chi connectivity index (χ0n) is 17.2. The van der Waals surface area contributed by atoms with Crippen LogP contribution in [0.1, 0.15) is 11.1 Å². The molecule has 0 saturated carbocycles. The van der Waals surface area contributed by atoms with Gasteiger partial charge in [0, 0.05) is 11.6 Å². The van der Waals surface area contributed by atoms with Gasteiger partial charge in [-0.25, -0.2) is 4.98 Å². The molecule has 1 aromatic heterocycles. The number of methoxy groups -OCH3 is 2. The summed E-state index contributed by atoms with van der Waals surface area (Å²) in [7, 11) is 3.03. The Labute approximate surface area is 183 Å². The molecule has 0 aliphatic rings. The monoisotopic (exact) mass is 436 g/mol. The molecule has 31 heavy (non-hydrogen) atoms. The molecule has 158 valence electrons. The maximum atomic E-state index is 12.5. The number of carbonyl (C=O) groups is 1. The SMILES string of the molecule is COc1ccc(OC)c(NC(=O)CSc2nc(-c3ccc(C)cc3)c(C#N)c(=O)[nH]2)c1. The average molecular weight is 436 g/mol. The molecule has 0 saturated heterocycles. The highest BCUT2D eigenvalue weighted by atomic mass is 32.2. The van der Waals surface area contributed by atoms with Crippen molar-refractivity contribution in [3.8, 4) is 28.8 Å². The normalized spacial score (nSPS) is 10.3. The molecule has 0 aliphatic carbocycles. The average Bonchev–Trinajstić information content (AvgIpc) is 2.77. The van der Waals surface area contributed by atoms with Crippen molar-refractivity contribution in [2.75, 3.05) is 25.3 Å². The Hall–Kier alpha value is -3.77. The van der Waals surface area contributed by atoms with Gasteiger partial charge in [-0.15, -0.1) is 0 Å². The van der Waals surface area contributed by atoms with E-state index in [-0.39, 0.29) is 28.1 Å². The van der Waals surface area contributed by atoms with Crippen molar-refractivity contribution in [1.29, 1.82) is 5.26 Å². The number of ether oxygens (including phenoxy) is 2. The molecule has 0 unspecified atom stereocenters. The Kier molecular flexibility index (Phi) is 6.95. The minimum absolute atomic E-state index is 0.0114. The summed E-state index contributed by atoms with van der Waals surface area (Å²) in [5.74, 6) is 0.735. The van der Waals surface area contributed by atoms with Gasteiger partial charge in [-0.2, -0.15) is 5.26 Å². The number of nitrogens with zero attached hydrogens (tertiary/aromatic N) is 2. The van der Waals surface area contributed by atoms with Crippen molar-refractivity contribution in [1.82, 2.24) is 9.97 Å². The Bertz CT molecular complexity index is 1200. The molecule has 1 heterocycles. The van der Waals surface area contributed by atoms with E-state index in [2.05, 4.69) is 15.3 Å². The van der Waals surface area contributed by atoms with Crippen molar-refractivity contribution in [2.45, 2.75) is 12.1 Å². The molecular weight excluding hydrogens is 416 g/mol.